The minimum absolute atomic E-state index is 0.448. The average Bonchev–Trinajstić information content (AvgIpc) is 2.47. The number of piperidine rings is 1. The molecule has 1 saturated heterocycles. The molecule has 2 rings (SSSR count). The van der Waals surface area contributed by atoms with Crippen molar-refractivity contribution in [1.29, 1.82) is 0 Å². The van der Waals surface area contributed by atoms with Crippen LogP contribution in [0, 0.1) is 5.92 Å². The van der Waals surface area contributed by atoms with Gasteiger partial charge in [-0.25, -0.2) is 0 Å². The third kappa shape index (κ3) is 3.28. The minimum Gasteiger partial charge on any atom is -0.494 e. The summed E-state index contributed by atoms with van der Waals surface area (Å²) in [6.07, 6.45) is 2.49. The van der Waals surface area contributed by atoms with E-state index in [0.717, 1.165) is 18.8 Å². The average molecular weight is 262 g/mol. The number of rotatable bonds is 5. The van der Waals surface area contributed by atoms with Crippen LogP contribution in [0.2, 0.25) is 0 Å². The molecule has 0 aliphatic carbocycles. The SMILES string of the molecule is CCOc1cccc(C2C(CN)CCCN2CC)c1. The summed E-state index contributed by atoms with van der Waals surface area (Å²) in [5, 5.41) is 0. The van der Waals surface area contributed by atoms with Crippen molar-refractivity contribution in [3.05, 3.63) is 29.8 Å². The van der Waals surface area contributed by atoms with Crippen molar-refractivity contribution in [3.8, 4) is 5.75 Å². The highest BCUT2D eigenvalue weighted by molar-refractivity contribution is 5.31. The van der Waals surface area contributed by atoms with Gasteiger partial charge in [-0.15, -0.1) is 0 Å². The molecule has 1 aliphatic rings. The Balaban J connectivity index is 2.26. The lowest BCUT2D eigenvalue weighted by atomic mass is 9.84. The molecule has 2 unspecified atom stereocenters. The Morgan fingerprint density at radius 2 is 2.21 bits per heavy atom. The van der Waals surface area contributed by atoms with Crippen LogP contribution in [0.3, 0.4) is 0 Å². The van der Waals surface area contributed by atoms with E-state index in [1.807, 2.05) is 13.0 Å². The topological polar surface area (TPSA) is 38.5 Å². The zero-order valence-electron chi connectivity index (χ0n) is 12.1. The normalized spacial score (nSPS) is 24.4. The molecule has 1 aromatic rings. The number of benzene rings is 1. The lowest BCUT2D eigenvalue weighted by Gasteiger charge is -2.41. The van der Waals surface area contributed by atoms with E-state index in [1.165, 1.54) is 24.9 Å². The molecule has 3 heteroatoms. The quantitative estimate of drug-likeness (QED) is 0.887. The first kappa shape index (κ1) is 14.4. The molecule has 19 heavy (non-hydrogen) atoms. The number of nitrogens with two attached hydrogens (primary N) is 1. The molecule has 0 amide bonds. The smallest absolute Gasteiger partial charge is 0.119 e. The van der Waals surface area contributed by atoms with Gasteiger partial charge in [0.25, 0.3) is 0 Å². The minimum atomic E-state index is 0.448. The fraction of sp³-hybridized carbons (Fsp3) is 0.625. The maximum absolute atomic E-state index is 5.99. The first-order valence-corrected chi connectivity index (χ1v) is 7.47. The van der Waals surface area contributed by atoms with Gasteiger partial charge in [-0.1, -0.05) is 19.1 Å². The summed E-state index contributed by atoms with van der Waals surface area (Å²) in [6, 6.07) is 8.97. The Hall–Kier alpha value is -1.06. The Morgan fingerprint density at radius 3 is 2.89 bits per heavy atom. The second-order valence-electron chi connectivity index (χ2n) is 5.22. The van der Waals surface area contributed by atoms with Gasteiger partial charge >= 0.3 is 0 Å². The van der Waals surface area contributed by atoms with Gasteiger partial charge in [0.15, 0.2) is 0 Å². The third-order valence-corrected chi connectivity index (χ3v) is 4.08. The molecule has 106 valence electrons. The molecule has 0 bridgehead atoms. The Labute approximate surface area is 116 Å². The zero-order valence-corrected chi connectivity index (χ0v) is 12.1. The van der Waals surface area contributed by atoms with Crippen LogP contribution >= 0.6 is 0 Å². The van der Waals surface area contributed by atoms with Gasteiger partial charge in [0.1, 0.15) is 5.75 Å². The van der Waals surface area contributed by atoms with E-state index in [4.69, 9.17) is 10.5 Å². The summed E-state index contributed by atoms with van der Waals surface area (Å²) in [7, 11) is 0. The molecule has 2 N–H and O–H groups in total. The summed E-state index contributed by atoms with van der Waals surface area (Å²) < 4.78 is 5.63. The molecule has 1 heterocycles. The van der Waals surface area contributed by atoms with Gasteiger partial charge in [-0.2, -0.15) is 0 Å². The van der Waals surface area contributed by atoms with Crippen LogP contribution in [0.1, 0.15) is 38.3 Å². The van der Waals surface area contributed by atoms with Crippen LogP contribution in [0.15, 0.2) is 24.3 Å². The van der Waals surface area contributed by atoms with E-state index in [2.05, 4.69) is 30.0 Å². The van der Waals surface area contributed by atoms with Gasteiger partial charge in [-0.05, 0) is 63.0 Å². The van der Waals surface area contributed by atoms with Crippen molar-refractivity contribution < 1.29 is 4.74 Å². The van der Waals surface area contributed by atoms with Gasteiger partial charge in [0.2, 0.25) is 0 Å². The zero-order chi connectivity index (χ0) is 13.7. The maximum atomic E-state index is 5.99. The lowest BCUT2D eigenvalue weighted by Crippen LogP contribution is -2.41. The number of nitrogens with zero attached hydrogens (tertiary/aromatic N) is 1. The molecule has 2 atom stereocenters. The Morgan fingerprint density at radius 1 is 1.37 bits per heavy atom. The van der Waals surface area contributed by atoms with E-state index in [9.17, 15) is 0 Å². The molecule has 1 aromatic carbocycles. The second-order valence-corrected chi connectivity index (χ2v) is 5.22. The lowest BCUT2D eigenvalue weighted by molar-refractivity contribution is 0.102. The highest BCUT2D eigenvalue weighted by atomic mass is 16.5. The van der Waals surface area contributed by atoms with E-state index >= 15 is 0 Å². The first-order chi connectivity index (χ1) is 9.30. The van der Waals surface area contributed by atoms with E-state index < -0.39 is 0 Å². The molecular formula is C16H26N2O. The van der Waals surface area contributed by atoms with Crippen molar-refractivity contribution in [3.63, 3.8) is 0 Å². The molecule has 0 radical (unpaired) electrons. The van der Waals surface area contributed by atoms with Crippen molar-refractivity contribution in [2.75, 3.05) is 26.2 Å². The monoisotopic (exact) mass is 262 g/mol. The van der Waals surface area contributed by atoms with Crippen molar-refractivity contribution >= 4 is 0 Å². The van der Waals surface area contributed by atoms with Crippen LogP contribution < -0.4 is 10.5 Å². The van der Waals surface area contributed by atoms with Gasteiger partial charge in [0.05, 0.1) is 6.61 Å². The van der Waals surface area contributed by atoms with E-state index in [0.29, 0.717) is 18.6 Å². The summed E-state index contributed by atoms with van der Waals surface area (Å²) in [5.74, 6) is 1.53. The number of hydrogen-bond acceptors (Lipinski definition) is 3. The van der Waals surface area contributed by atoms with Crippen LogP contribution in [0.5, 0.6) is 5.75 Å². The standard InChI is InChI=1S/C16H26N2O/c1-3-18-10-6-8-14(12-17)16(18)13-7-5-9-15(11-13)19-4-2/h5,7,9,11,14,16H,3-4,6,8,10,12,17H2,1-2H3. The molecule has 0 saturated carbocycles. The molecule has 0 spiro atoms. The number of ether oxygens (including phenoxy) is 1. The highest BCUT2D eigenvalue weighted by Crippen LogP contribution is 2.36. The molecular weight excluding hydrogens is 236 g/mol. The van der Waals surface area contributed by atoms with Crippen molar-refractivity contribution in [1.82, 2.24) is 4.90 Å². The van der Waals surface area contributed by atoms with Crippen LogP contribution in [0.4, 0.5) is 0 Å². The van der Waals surface area contributed by atoms with Crippen LogP contribution in [0.25, 0.3) is 0 Å². The Bertz CT molecular complexity index is 382. The Kier molecular flexibility index (Phi) is 5.23. The number of hydrogen-bond donors (Lipinski definition) is 1. The predicted molar refractivity (Wildman–Crippen MR) is 79.4 cm³/mol. The van der Waals surface area contributed by atoms with Crippen molar-refractivity contribution in [2.24, 2.45) is 11.7 Å². The third-order valence-electron chi connectivity index (χ3n) is 4.08. The van der Waals surface area contributed by atoms with E-state index in [-0.39, 0.29) is 0 Å². The van der Waals surface area contributed by atoms with Crippen molar-refractivity contribution in [2.45, 2.75) is 32.7 Å². The molecule has 1 fully saturated rings. The van der Waals surface area contributed by atoms with E-state index in [1.54, 1.807) is 0 Å². The summed E-state index contributed by atoms with van der Waals surface area (Å²) >= 11 is 0. The predicted octanol–water partition coefficient (Wildman–Crippen LogP) is 2.82. The molecule has 1 aliphatic heterocycles. The van der Waals surface area contributed by atoms with Crippen LogP contribution in [-0.2, 0) is 0 Å². The van der Waals surface area contributed by atoms with Crippen LogP contribution in [-0.4, -0.2) is 31.1 Å². The largest absolute Gasteiger partial charge is 0.494 e. The summed E-state index contributed by atoms with van der Waals surface area (Å²) in [4.78, 5) is 2.55. The molecule has 3 nitrogen and oxygen atoms in total. The van der Waals surface area contributed by atoms with Gasteiger partial charge in [-0.3, -0.25) is 4.90 Å². The number of likely N-dealkylation sites (tertiary alicyclic amines) is 1. The van der Waals surface area contributed by atoms with Gasteiger partial charge in [0, 0.05) is 6.04 Å². The fourth-order valence-corrected chi connectivity index (χ4v) is 3.19. The molecule has 0 aromatic heterocycles. The highest BCUT2D eigenvalue weighted by Gasteiger charge is 2.30. The summed E-state index contributed by atoms with van der Waals surface area (Å²) in [5.41, 5.74) is 7.34. The fourth-order valence-electron chi connectivity index (χ4n) is 3.19. The first-order valence-electron chi connectivity index (χ1n) is 7.47. The maximum Gasteiger partial charge on any atom is 0.119 e. The second kappa shape index (κ2) is 6.92. The summed E-state index contributed by atoms with van der Waals surface area (Å²) in [6.45, 7) is 8.00. The van der Waals surface area contributed by atoms with Gasteiger partial charge < -0.3 is 10.5 Å².